The molecule has 1 N–H and O–H groups in total. The molecule has 1 amide bonds. The van der Waals surface area contributed by atoms with Crippen LogP contribution < -0.4 is 10.2 Å². The average molecular weight is 260 g/mol. The molecule has 0 aromatic heterocycles. The maximum atomic E-state index is 12.1. The summed E-state index contributed by atoms with van der Waals surface area (Å²) in [5.74, 6) is 0.0622. The molecule has 0 unspecified atom stereocenters. The SMILES string of the molecule is CCCCCNC(=O)c1ccc2c(c1)CCCN2C. The number of unbranched alkanes of at least 4 members (excludes halogenated alkanes) is 2. The van der Waals surface area contributed by atoms with Crippen LogP contribution in [0.5, 0.6) is 0 Å². The van der Waals surface area contributed by atoms with E-state index in [2.05, 4.69) is 36.3 Å². The Labute approximate surface area is 116 Å². The van der Waals surface area contributed by atoms with Crippen molar-refractivity contribution in [1.29, 1.82) is 0 Å². The highest BCUT2D eigenvalue weighted by atomic mass is 16.1. The van der Waals surface area contributed by atoms with Crippen LogP contribution in [0.15, 0.2) is 18.2 Å². The molecule has 2 rings (SSSR count). The number of hydrogen-bond acceptors (Lipinski definition) is 2. The fraction of sp³-hybridized carbons (Fsp3) is 0.562. The van der Waals surface area contributed by atoms with Gasteiger partial charge in [-0.1, -0.05) is 19.8 Å². The number of anilines is 1. The van der Waals surface area contributed by atoms with Crippen LogP contribution in [-0.4, -0.2) is 26.0 Å². The van der Waals surface area contributed by atoms with Crippen LogP contribution in [0.3, 0.4) is 0 Å². The maximum Gasteiger partial charge on any atom is 0.251 e. The number of benzene rings is 1. The first kappa shape index (κ1) is 13.9. The molecule has 0 bridgehead atoms. The minimum atomic E-state index is 0.0622. The largest absolute Gasteiger partial charge is 0.374 e. The summed E-state index contributed by atoms with van der Waals surface area (Å²) < 4.78 is 0. The van der Waals surface area contributed by atoms with Crippen molar-refractivity contribution < 1.29 is 4.79 Å². The van der Waals surface area contributed by atoms with Gasteiger partial charge in [-0.05, 0) is 43.0 Å². The van der Waals surface area contributed by atoms with Crippen molar-refractivity contribution in [2.75, 3.05) is 25.0 Å². The summed E-state index contributed by atoms with van der Waals surface area (Å²) in [6, 6.07) is 6.07. The number of hydrogen-bond donors (Lipinski definition) is 1. The van der Waals surface area contributed by atoms with Gasteiger partial charge in [-0.15, -0.1) is 0 Å². The van der Waals surface area contributed by atoms with E-state index >= 15 is 0 Å². The van der Waals surface area contributed by atoms with Gasteiger partial charge in [0, 0.05) is 31.4 Å². The van der Waals surface area contributed by atoms with Crippen molar-refractivity contribution in [2.24, 2.45) is 0 Å². The first-order valence-electron chi connectivity index (χ1n) is 7.34. The molecule has 0 spiro atoms. The molecule has 3 nitrogen and oxygen atoms in total. The lowest BCUT2D eigenvalue weighted by atomic mass is 9.99. The van der Waals surface area contributed by atoms with E-state index in [1.165, 1.54) is 30.5 Å². The van der Waals surface area contributed by atoms with Crippen LogP contribution in [0.25, 0.3) is 0 Å². The summed E-state index contributed by atoms with van der Waals surface area (Å²) in [5.41, 5.74) is 3.37. The third kappa shape index (κ3) is 3.49. The number of amides is 1. The second-order valence-corrected chi connectivity index (χ2v) is 5.33. The number of nitrogens with zero attached hydrogens (tertiary/aromatic N) is 1. The van der Waals surface area contributed by atoms with Gasteiger partial charge in [-0.2, -0.15) is 0 Å². The van der Waals surface area contributed by atoms with Crippen molar-refractivity contribution in [3.63, 3.8) is 0 Å². The summed E-state index contributed by atoms with van der Waals surface area (Å²) in [6.07, 6.45) is 5.67. The fourth-order valence-corrected chi connectivity index (χ4v) is 2.61. The second-order valence-electron chi connectivity index (χ2n) is 5.33. The van der Waals surface area contributed by atoms with Gasteiger partial charge in [-0.3, -0.25) is 4.79 Å². The number of nitrogens with one attached hydrogen (secondary N) is 1. The van der Waals surface area contributed by atoms with Crippen LogP contribution in [0.1, 0.15) is 48.5 Å². The van der Waals surface area contributed by atoms with E-state index in [-0.39, 0.29) is 5.91 Å². The summed E-state index contributed by atoms with van der Waals surface area (Å²) in [5, 5.41) is 3.00. The smallest absolute Gasteiger partial charge is 0.251 e. The molecule has 0 atom stereocenters. The molecular formula is C16H24N2O. The lowest BCUT2D eigenvalue weighted by Crippen LogP contribution is -2.27. The van der Waals surface area contributed by atoms with Gasteiger partial charge < -0.3 is 10.2 Å². The third-order valence-corrected chi connectivity index (χ3v) is 3.76. The maximum absolute atomic E-state index is 12.1. The van der Waals surface area contributed by atoms with Gasteiger partial charge >= 0.3 is 0 Å². The Balaban J connectivity index is 1.99. The molecule has 19 heavy (non-hydrogen) atoms. The number of rotatable bonds is 5. The van der Waals surface area contributed by atoms with Gasteiger partial charge in [0.25, 0.3) is 5.91 Å². The minimum Gasteiger partial charge on any atom is -0.374 e. The molecule has 1 aliphatic rings. The Morgan fingerprint density at radius 2 is 2.21 bits per heavy atom. The van der Waals surface area contributed by atoms with Crippen molar-refractivity contribution in [3.05, 3.63) is 29.3 Å². The molecule has 3 heteroatoms. The predicted octanol–water partition coefficient (Wildman–Crippen LogP) is 2.99. The van der Waals surface area contributed by atoms with Crippen molar-refractivity contribution in [3.8, 4) is 0 Å². The van der Waals surface area contributed by atoms with Crippen molar-refractivity contribution >= 4 is 11.6 Å². The lowest BCUT2D eigenvalue weighted by Gasteiger charge is -2.27. The summed E-state index contributed by atoms with van der Waals surface area (Å²) in [4.78, 5) is 14.3. The number of fused-ring (bicyclic) bond motifs is 1. The summed E-state index contributed by atoms with van der Waals surface area (Å²) in [7, 11) is 2.11. The van der Waals surface area contributed by atoms with Crippen molar-refractivity contribution in [2.45, 2.75) is 39.0 Å². The van der Waals surface area contributed by atoms with Gasteiger partial charge in [0.2, 0.25) is 0 Å². The van der Waals surface area contributed by atoms with Gasteiger partial charge in [0.05, 0.1) is 0 Å². The van der Waals surface area contributed by atoms with E-state index in [0.29, 0.717) is 0 Å². The number of carbonyl (C=O) groups excluding carboxylic acids is 1. The Morgan fingerprint density at radius 1 is 1.37 bits per heavy atom. The predicted molar refractivity (Wildman–Crippen MR) is 79.9 cm³/mol. The molecule has 0 fully saturated rings. The zero-order chi connectivity index (χ0) is 13.7. The number of aryl methyl sites for hydroxylation is 1. The van der Waals surface area contributed by atoms with Crippen molar-refractivity contribution in [1.82, 2.24) is 5.32 Å². The zero-order valence-electron chi connectivity index (χ0n) is 12.0. The molecule has 0 saturated heterocycles. The van der Waals surface area contributed by atoms with Gasteiger partial charge in [0.1, 0.15) is 0 Å². The van der Waals surface area contributed by atoms with E-state index in [1.54, 1.807) is 0 Å². The van der Waals surface area contributed by atoms with E-state index < -0.39 is 0 Å². The van der Waals surface area contributed by atoms with Crippen LogP contribution in [0.2, 0.25) is 0 Å². The standard InChI is InChI=1S/C16H24N2O/c1-3-4-5-10-17-16(19)14-8-9-15-13(12-14)7-6-11-18(15)2/h8-9,12H,3-7,10-11H2,1-2H3,(H,17,19). The normalized spacial score (nSPS) is 14.1. The van der Waals surface area contributed by atoms with Gasteiger partial charge in [-0.25, -0.2) is 0 Å². The molecule has 0 aliphatic carbocycles. The van der Waals surface area contributed by atoms with E-state index in [1.807, 2.05) is 6.07 Å². The first-order chi connectivity index (χ1) is 9.22. The van der Waals surface area contributed by atoms with Crippen LogP contribution in [0.4, 0.5) is 5.69 Å². The van der Waals surface area contributed by atoms with Crippen LogP contribution in [-0.2, 0) is 6.42 Å². The monoisotopic (exact) mass is 260 g/mol. The molecular weight excluding hydrogens is 236 g/mol. The Kier molecular flexibility index (Phi) is 4.83. The van der Waals surface area contributed by atoms with Crippen LogP contribution >= 0.6 is 0 Å². The Hall–Kier alpha value is -1.51. The highest BCUT2D eigenvalue weighted by molar-refractivity contribution is 5.95. The van der Waals surface area contributed by atoms with E-state index in [4.69, 9.17) is 0 Å². The molecule has 1 aromatic rings. The topological polar surface area (TPSA) is 32.3 Å². The van der Waals surface area contributed by atoms with Gasteiger partial charge in [0.15, 0.2) is 0 Å². The fourth-order valence-electron chi connectivity index (χ4n) is 2.61. The molecule has 1 aromatic carbocycles. The number of carbonyl (C=O) groups is 1. The summed E-state index contributed by atoms with van der Waals surface area (Å²) in [6.45, 7) is 4.06. The average Bonchev–Trinajstić information content (AvgIpc) is 2.43. The quantitative estimate of drug-likeness (QED) is 0.825. The third-order valence-electron chi connectivity index (χ3n) is 3.76. The minimum absolute atomic E-state index is 0.0622. The highest BCUT2D eigenvalue weighted by Gasteiger charge is 2.15. The molecule has 0 radical (unpaired) electrons. The molecule has 1 aliphatic heterocycles. The summed E-state index contributed by atoms with van der Waals surface area (Å²) >= 11 is 0. The first-order valence-corrected chi connectivity index (χ1v) is 7.34. The Morgan fingerprint density at radius 3 is 3.00 bits per heavy atom. The van der Waals surface area contributed by atoms with E-state index in [0.717, 1.165) is 31.5 Å². The zero-order valence-corrected chi connectivity index (χ0v) is 12.0. The lowest BCUT2D eigenvalue weighted by molar-refractivity contribution is 0.0953. The molecule has 0 saturated carbocycles. The second kappa shape index (κ2) is 6.60. The van der Waals surface area contributed by atoms with Crippen LogP contribution in [0, 0.1) is 0 Å². The molecule has 1 heterocycles. The molecule has 104 valence electrons. The highest BCUT2D eigenvalue weighted by Crippen LogP contribution is 2.26. The van der Waals surface area contributed by atoms with E-state index in [9.17, 15) is 4.79 Å². The Bertz CT molecular complexity index is 442.